The van der Waals surface area contributed by atoms with Gasteiger partial charge in [0.2, 0.25) is 0 Å². The zero-order chi connectivity index (χ0) is 15.8. The first-order chi connectivity index (χ1) is 9.66. The molecule has 3 nitrogen and oxygen atoms in total. The Balaban J connectivity index is 2.31. The van der Waals surface area contributed by atoms with E-state index in [-0.39, 0.29) is 12.4 Å². The number of rotatable bonds is 3. The highest BCUT2D eigenvalue weighted by molar-refractivity contribution is 6.55. The molecule has 1 saturated heterocycles. The Morgan fingerprint density at radius 1 is 1.24 bits per heavy atom. The summed E-state index contributed by atoms with van der Waals surface area (Å²) < 4.78 is 25.9. The van der Waals surface area contributed by atoms with Gasteiger partial charge in [-0.3, -0.25) is 0 Å². The third-order valence-corrected chi connectivity index (χ3v) is 4.29. The summed E-state index contributed by atoms with van der Waals surface area (Å²) in [7, 11) is -0.541. The Labute approximate surface area is 126 Å². The van der Waals surface area contributed by atoms with Crippen LogP contribution in [0.4, 0.5) is 4.39 Å². The summed E-state index contributed by atoms with van der Waals surface area (Å²) in [4.78, 5) is 0. The number of nitrogens with two attached hydrogens (primary N) is 1. The van der Waals surface area contributed by atoms with Crippen LogP contribution in [0, 0.1) is 12.7 Å². The largest absolute Gasteiger partial charge is 0.491 e. The minimum atomic E-state index is -0.541. The van der Waals surface area contributed by atoms with Gasteiger partial charge >= 0.3 is 7.12 Å². The van der Waals surface area contributed by atoms with Gasteiger partial charge in [-0.15, -0.1) is 0 Å². The zero-order valence-corrected chi connectivity index (χ0v) is 13.4. The summed E-state index contributed by atoms with van der Waals surface area (Å²) in [6.07, 6.45) is 1.72. The average molecular weight is 291 g/mol. The maximum atomic E-state index is 14.0. The summed E-state index contributed by atoms with van der Waals surface area (Å²) >= 11 is 0. The lowest BCUT2D eigenvalue weighted by Crippen LogP contribution is -2.41. The Morgan fingerprint density at radius 3 is 2.29 bits per heavy atom. The van der Waals surface area contributed by atoms with Crippen LogP contribution in [0.3, 0.4) is 0 Å². The van der Waals surface area contributed by atoms with Crippen molar-refractivity contribution in [2.75, 3.05) is 6.54 Å². The lowest BCUT2D eigenvalue weighted by Gasteiger charge is -2.32. The highest BCUT2D eigenvalue weighted by atomic mass is 19.1. The molecule has 0 aromatic heterocycles. The normalized spacial score (nSPS) is 20.9. The number of hydrogen-bond donors (Lipinski definition) is 1. The van der Waals surface area contributed by atoms with Crippen LogP contribution in [-0.2, 0) is 9.31 Å². The first-order valence-corrected chi connectivity index (χ1v) is 7.18. The van der Waals surface area contributed by atoms with Crippen molar-refractivity contribution in [2.45, 2.75) is 45.8 Å². The second-order valence-electron chi connectivity index (χ2n) is 6.54. The number of halogens is 1. The molecule has 21 heavy (non-hydrogen) atoms. The number of hydrogen-bond acceptors (Lipinski definition) is 3. The molecule has 1 heterocycles. The van der Waals surface area contributed by atoms with Crippen molar-refractivity contribution in [1.29, 1.82) is 0 Å². The Bertz CT molecular complexity index is 553. The first kappa shape index (κ1) is 16.2. The van der Waals surface area contributed by atoms with Gasteiger partial charge in [-0.25, -0.2) is 4.39 Å². The summed E-state index contributed by atoms with van der Waals surface area (Å²) in [6, 6.07) is 5.11. The molecule has 0 spiro atoms. The molecule has 0 aliphatic carbocycles. The molecular formula is C16H23BFNO2. The second kappa shape index (κ2) is 5.56. The molecule has 0 unspecified atom stereocenters. The van der Waals surface area contributed by atoms with Gasteiger partial charge in [-0.05, 0) is 51.7 Å². The molecule has 0 bridgehead atoms. The molecule has 5 heteroatoms. The minimum absolute atomic E-state index is 0.254. The van der Waals surface area contributed by atoms with Crippen molar-refractivity contribution < 1.29 is 13.7 Å². The van der Waals surface area contributed by atoms with E-state index in [0.29, 0.717) is 5.56 Å². The van der Waals surface area contributed by atoms with Crippen LogP contribution in [0.2, 0.25) is 0 Å². The summed E-state index contributed by atoms with van der Waals surface area (Å²) in [6.45, 7) is 10.0. The lowest BCUT2D eigenvalue weighted by atomic mass is 9.77. The summed E-state index contributed by atoms with van der Waals surface area (Å²) in [5, 5.41) is 0. The van der Waals surface area contributed by atoms with Crippen molar-refractivity contribution in [3.63, 3.8) is 0 Å². The standard InChI is InChI=1S/C16H23BFNO2/c1-11-6-7-12(14(18)8-11)9-13(10-19)17-20-15(2,3)16(4,5)21-17/h6-9H,10,19H2,1-5H3. The Morgan fingerprint density at radius 2 is 1.81 bits per heavy atom. The van der Waals surface area contributed by atoms with Gasteiger partial charge in [0, 0.05) is 12.1 Å². The van der Waals surface area contributed by atoms with Crippen LogP contribution in [0.25, 0.3) is 6.08 Å². The predicted octanol–water partition coefficient (Wildman–Crippen LogP) is 3.11. The molecule has 1 aliphatic rings. The summed E-state index contributed by atoms with van der Waals surface area (Å²) in [5.74, 6) is -0.266. The molecule has 1 aromatic rings. The number of benzene rings is 1. The molecule has 0 saturated carbocycles. The predicted molar refractivity (Wildman–Crippen MR) is 84.3 cm³/mol. The smallest absolute Gasteiger partial charge is 0.400 e. The average Bonchev–Trinajstić information content (AvgIpc) is 2.57. The molecule has 0 atom stereocenters. The molecular weight excluding hydrogens is 268 g/mol. The van der Waals surface area contributed by atoms with E-state index >= 15 is 0 Å². The van der Waals surface area contributed by atoms with Crippen LogP contribution in [0.15, 0.2) is 23.7 Å². The fraction of sp³-hybridized carbons (Fsp3) is 0.500. The van der Waals surface area contributed by atoms with Crippen molar-refractivity contribution in [2.24, 2.45) is 5.73 Å². The van der Waals surface area contributed by atoms with E-state index < -0.39 is 18.3 Å². The van der Waals surface area contributed by atoms with E-state index in [0.717, 1.165) is 11.0 Å². The highest BCUT2D eigenvalue weighted by Gasteiger charge is 2.52. The van der Waals surface area contributed by atoms with Crippen molar-refractivity contribution >= 4 is 13.2 Å². The van der Waals surface area contributed by atoms with E-state index in [1.54, 1.807) is 12.1 Å². The van der Waals surface area contributed by atoms with Gasteiger partial charge < -0.3 is 15.0 Å². The molecule has 114 valence electrons. The van der Waals surface area contributed by atoms with Crippen LogP contribution >= 0.6 is 0 Å². The van der Waals surface area contributed by atoms with Crippen molar-refractivity contribution in [1.82, 2.24) is 0 Å². The van der Waals surface area contributed by atoms with E-state index in [1.165, 1.54) is 6.07 Å². The van der Waals surface area contributed by atoms with Crippen molar-refractivity contribution in [3.05, 3.63) is 40.6 Å². The van der Waals surface area contributed by atoms with Gasteiger partial charge in [0.25, 0.3) is 0 Å². The number of aryl methyl sites for hydroxylation is 1. The molecule has 1 fully saturated rings. The monoisotopic (exact) mass is 291 g/mol. The van der Waals surface area contributed by atoms with Gasteiger partial charge in [0.1, 0.15) is 5.82 Å². The second-order valence-corrected chi connectivity index (χ2v) is 6.54. The van der Waals surface area contributed by atoms with Crippen LogP contribution < -0.4 is 5.73 Å². The van der Waals surface area contributed by atoms with Gasteiger partial charge in [0.15, 0.2) is 0 Å². The lowest BCUT2D eigenvalue weighted by molar-refractivity contribution is 0.00578. The van der Waals surface area contributed by atoms with Gasteiger partial charge in [0.05, 0.1) is 11.2 Å². The summed E-state index contributed by atoms with van der Waals surface area (Å²) in [5.41, 5.74) is 7.05. The van der Waals surface area contributed by atoms with Crippen molar-refractivity contribution in [3.8, 4) is 0 Å². The van der Waals surface area contributed by atoms with E-state index in [9.17, 15) is 4.39 Å². The highest BCUT2D eigenvalue weighted by Crippen LogP contribution is 2.38. The molecule has 0 amide bonds. The maximum absolute atomic E-state index is 14.0. The third-order valence-electron chi connectivity index (χ3n) is 4.29. The molecule has 2 N–H and O–H groups in total. The van der Waals surface area contributed by atoms with Gasteiger partial charge in [-0.2, -0.15) is 0 Å². The molecule has 1 aliphatic heterocycles. The molecule has 1 aromatic carbocycles. The first-order valence-electron chi connectivity index (χ1n) is 7.18. The van der Waals surface area contributed by atoms with Crippen LogP contribution in [-0.4, -0.2) is 24.9 Å². The Kier molecular flexibility index (Phi) is 4.29. The van der Waals surface area contributed by atoms with Gasteiger partial charge in [-0.1, -0.05) is 18.2 Å². The fourth-order valence-electron chi connectivity index (χ4n) is 2.17. The van der Waals surface area contributed by atoms with E-state index in [4.69, 9.17) is 15.0 Å². The SMILES string of the molecule is Cc1ccc(C=C(CN)B2OC(C)(C)C(C)(C)O2)c(F)c1. The fourth-order valence-corrected chi connectivity index (χ4v) is 2.17. The topological polar surface area (TPSA) is 44.5 Å². The van der Waals surface area contributed by atoms with E-state index in [2.05, 4.69) is 0 Å². The Hall–Kier alpha value is -1.17. The van der Waals surface area contributed by atoms with Crippen LogP contribution in [0.1, 0.15) is 38.8 Å². The maximum Gasteiger partial charge on any atom is 0.491 e. The zero-order valence-electron chi connectivity index (χ0n) is 13.4. The van der Waals surface area contributed by atoms with E-state index in [1.807, 2.05) is 40.7 Å². The quantitative estimate of drug-likeness (QED) is 0.870. The third kappa shape index (κ3) is 3.20. The molecule has 0 radical (unpaired) electrons. The minimum Gasteiger partial charge on any atom is -0.400 e. The van der Waals surface area contributed by atoms with Crippen LogP contribution in [0.5, 0.6) is 0 Å². The molecule has 2 rings (SSSR count).